The van der Waals surface area contributed by atoms with Crippen LogP contribution in [0.4, 0.5) is 0 Å². The van der Waals surface area contributed by atoms with Crippen molar-refractivity contribution in [3.8, 4) is 0 Å². The predicted octanol–water partition coefficient (Wildman–Crippen LogP) is 2.88. The summed E-state index contributed by atoms with van der Waals surface area (Å²) >= 11 is 0. The summed E-state index contributed by atoms with van der Waals surface area (Å²) in [5, 5.41) is 0. The fourth-order valence-electron chi connectivity index (χ4n) is 2.58. The van der Waals surface area contributed by atoms with E-state index in [4.69, 9.17) is 4.74 Å². The molecule has 4 heteroatoms. The number of esters is 1. The number of hydrogen-bond acceptors (Lipinski definition) is 4. The monoisotopic (exact) mass is 298 g/mol. The van der Waals surface area contributed by atoms with Crippen molar-refractivity contribution < 1.29 is 19.1 Å². The molecule has 0 atom stereocenters. The fraction of sp³-hybridized carbons (Fsp3) is 0.278. The van der Waals surface area contributed by atoms with Crippen molar-refractivity contribution in [2.24, 2.45) is 0 Å². The van der Waals surface area contributed by atoms with Gasteiger partial charge in [0.1, 0.15) is 5.57 Å². The lowest BCUT2D eigenvalue weighted by Crippen LogP contribution is -2.27. The number of ether oxygens (including phenoxy) is 1. The Balaban J connectivity index is 2.69. The SMILES string of the molecule is CCOC(=O)C1=C(c2ccccc2)C(=O)C(C)=C(CC)C1=O. The Morgan fingerprint density at radius 2 is 1.68 bits per heavy atom. The molecule has 0 heterocycles. The average Bonchev–Trinajstić information content (AvgIpc) is 2.52. The first kappa shape index (κ1) is 15.9. The number of allylic oxidation sites excluding steroid dienone is 3. The highest BCUT2D eigenvalue weighted by Crippen LogP contribution is 2.33. The number of hydrogen-bond donors (Lipinski definition) is 0. The number of ketones is 2. The third-order valence-electron chi connectivity index (χ3n) is 3.67. The van der Waals surface area contributed by atoms with E-state index in [0.29, 0.717) is 23.1 Å². The molecule has 0 bridgehead atoms. The van der Waals surface area contributed by atoms with Crippen LogP contribution in [0.15, 0.2) is 47.1 Å². The number of Topliss-reactive ketones (excluding diaryl/α,β-unsaturated/α-hetero) is 2. The van der Waals surface area contributed by atoms with Gasteiger partial charge in [-0.15, -0.1) is 0 Å². The van der Waals surface area contributed by atoms with Crippen LogP contribution in [-0.2, 0) is 19.1 Å². The van der Waals surface area contributed by atoms with Crippen LogP contribution >= 0.6 is 0 Å². The summed E-state index contributed by atoms with van der Waals surface area (Å²) in [5.74, 6) is -1.43. The van der Waals surface area contributed by atoms with Gasteiger partial charge in [0.05, 0.1) is 6.61 Å². The molecule has 22 heavy (non-hydrogen) atoms. The van der Waals surface area contributed by atoms with Crippen molar-refractivity contribution in [2.45, 2.75) is 27.2 Å². The zero-order valence-corrected chi connectivity index (χ0v) is 12.9. The third-order valence-corrected chi connectivity index (χ3v) is 3.67. The Bertz CT molecular complexity index is 693. The molecule has 4 nitrogen and oxygen atoms in total. The molecule has 1 aromatic carbocycles. The average molecular weight is 298 g/mol. The maximum Gasteiger partial charge on any atom is 0.342 e. The maximum atomic E-state index is 12.7. The minimum absolute atomic E-state index is 0.138. The van der Waals surface area contributed by atoms with Gasteiger partial charge in [0.15, 0.2) is 11.6 Å². The van der Waals surface area contributed by atoms with Gasteiger partial charge >= 0.3 is 5.97 Å². The third kappa shape index (κ3) is 2.64. The smallest absolute Gasteiger partial charge is 0.342 e. The molecule has 0 saturated heterocycles. The van der Waals surface area contributed by atoms with E-state index < -0.39 is 11.8 Å². The minimum atomic E-state index is -0.738. The molecular formula is C18H18O4. The van der Waals surface area contributed by atoms with E-state index in [0.717, 1.165) is 0 Å². The Morgan fingerprint density at radius 1 is 1.05 bits per heavy atom. The molecule has 114 valence electrons. The van der Waals surface area contributed by atoms with E-state index in [2.05, 4.69) is 0 Å². The Kier molecular flexibility index (Phi) is 4.71. The second-order valence-corrected chi connectivity index (χ2v) is 4.95. The quantitative estimate of drug-likeness (QED) is 0.487. The molecule has 0 radical (unpaired) electrons. The molecule has 0 aromatic heterocycles. The van der Waals surface area contributed by atoms with Crippen LogP contribution in [0.25, 0.3) is 5.57 Å². The zero-order chi connectivity index (χ0) is 16.3. The fourth-order valence-corrected chi connectivity index (χ4v) is 2.58. The van der Waals surface area contributed by atoms with Crippen LogP contribution in [0.3, 0.4) is 0 Å². The number of rotatable bonds is 4. The summed E-state index contributed by atoms with van der Waals surface area (Å²) in [6.45, 7) is 5.23. The highest BCUT2D eigenvalue weighted by atomic mass is 16.5. The van der Waals surface area contributed by atoms with Gasteiger partial charge in [0.2, 0.25) is 0 Å². The van der Waals surface area contributed by atoms with Crippen molar-refractivity contribution in [1.29, 1.82) is 0 Å². The molecule has 0 unspecified atom stereocenters. The van der Waals surface area contributed by atoms with E-state index in [-0.39, 0.29) is 23.5 Å². The van der Waals surface area contributed by atoms with Crippen LogP contribution in [0, 0.1) is 0 Å². The van der Waals surface area contributed by atoms with Gasteiger partial charge in [-0.3, -0.25) is 9.59 Å². The molecule has 0 saturated carbocycles. The summed E-state index contributed by atoms with van der Waals surface area (Å²) in [6, 6.07) is 8.76. The van der Waals surface area contributed by atoms with Gasteiger partial charge in [-0.1, -0.05) is 37.3 Å². The van der Waals surface area contributed by atoms with E-state index >= 15 is 0 Å². The largest absolute Gasteiger partial charge is 0.462 e. The summed E-state index contributed by atoms with van der Waals surface area (Å²) in [7, 11) is 0. The van der Waals surface area contributed by atoms with Crippen LogP contribution < -0.4 is 0 Å². The van der Waals surface area contributed by atoms with Crippen LogP contribution in [-0.4, -0.2) is 24.1 Å². The Morgan fingerprint density at radius 3 is 2.23 bits per heavy atom. The first-order valence-electron chi connectivity index (χ1n) is 7.28. The van der Waals surface area contributed by atoms with Crippen molar-refractivity contribution in [1.82, 2.24) is 0 Å². The molecule has 0 spiro atoms. The zero-order valence-electron chi connectivity index (χ0n) is 12.9. The summed E-state index contributed by atoms with van der Waals surface area (Å²) in [5.41, 5.74) is 1.32. The summed E-state index contributed by atoms with van der Waals surface area (Å²) < 4.78 is 4.99. The highest BCUT2D eigenvalue weighted by molar-refractivity contribution is 6.45. The first-order chi connectivity index (χ1) is 10.5. The van der Waals surface area contributed by atoms with E-state index in [1.807, 2.05) is 6.07 Å². The van der Waals surface area contributed by atoms with Gasteiger partial charge < -0.3 is 4.74 Å². The lowest BCUT2D eigenvalue weighted by atomic mass is 9.81. The summed E-state index contributed by atoms with van der Waals surface area (Å²) in [6.07, 6.45) is 0.404. The maximum absolute atomic E-state index is 12.7. The minimum Gasteiger partial charge on any atom is -0.462 e. The number of carbonyl (C=O) groups is 3. The second-order valence-electron chi connectivity index (χ2n) is 4.95. The molecule has 1 aromatic rings. The van der Waals surface area contributed by atoms with Gasteiger partial charge in [0, 0.05) is 16.7 Å². The second kappa shape index (κ2) is 6.52. The Hall–Kier alpha value is -2.49. The molecule has 0 amide bonds. The van der Waals surface area contributed by atoms with Gasteiger partial charge in [0.25, 0.3) is 0 Å². The molecule has 0 fully saturated rings. The molecule has 0 N–H and O–H groups in total. The molecule has 0 aliphatic heterocycles. The van der Waals surface area contributed by atoms with E-state index in [1.165, 1.54) is 0 Å². The first-order valence-corrected chi connectivity index (χ1v) is 7.28. The van der Waals surface area contributed by atoms with Gasteiger partial charge in [-0.05, 0) is 25.8 Å². The van der Waals surface area contributed by atoms with Crippen molar-refractivity contribution in [3.63, 3.8) is 0 Å². The van der Waals surface area contributed by atoms with E-state index in [1.54, 1.807) is 45.0 Å². The van der Waals surface area contributed by atoms with Crippen molar-refractivity contribution >= 4 is 23.1 Å². The molecule has 2 rings (SSSR count). The van der Waals surface area contributed by atoms with E-state index in [9.17, 15) is 14.4 Å². The number of benzene rings is 1. The normalized spacial score (nSPS) is 15.4. The topological polar surface area (TPSA) is 60.4 Å². The van der Waals surface area contributed by atoms with Crippen molar-refractivity contribution in [3.05, 3.63) is 52.6 Å². The van der Waals surface area contributed by atoms with Gasteiger partial charge in [-0.25, -0.2) is 4.79 Å². The van der Waals surface area contributed by atoms with Gasteiger partial charge in [-0.2, -0.15) is 0 Å². The summed E-state index contributed by atoms with van der Waals surface area (Å²) in [4.78, 5) is 37.6. The lowest BCUT2D eigenvalue weighted by Gasteiger charge is -2.21. The van der Waals surface area contributed by atoms with Crippen LogP contribution in [0.2, 0.25) is 0 Å². The van der Waals surface area contributed by atoms with Crippen LogP contribution in [0.1, 0.15) is 32.8 Å². The van der Waals surface area contributed by atoms with Crippen molar-refractivity contribution in [2.75, 3.05) is 6.61 Å². The van der Waals surface area contributed by atoms with Crippen LogP contribution in [0.5, 0.6) is 0 Å². The molecule has 1 aliphatic carbocycles. The molecule has 1 aliphatic rings. The lowest BCUT2D eigenvalue weighted by molar-refractivity contribution is -0.140. The number of carbonyl (C=O) groups excluding carboxylic acids is 3. The molecular weight excluding hydrogens is 280 g/mol. The Labute approximate surface area is 129 Å². The predicted molar refractivity (Wildman–Crippen MR) is 83.0 cm³/mol. The standard InChI is InChI=1S/C18H18O4/c1-4-13-11(3)16(19)14(12-9-7-6-8-10-12)15(17(13)20)18(21)22-5-2/h6-10H,4-5H2,1-3H3. The highest BCUT2D eigenvalue weighted by Gasteiger charge is 2.36.